The zero-order valence-electron chi connectivity index (χ0n) is 21.7. The Kier molecular flexibility index (Phi) is 12.4. The molecule has 0 spiro atoms. The third-order valence-electron chi connectivity index (χ3n) is 5.33. The zero-order chi connectivity index (χ0) is 27.3. The van der Waals surface area contributed by atoms with E-state index in [-0.39, 0.29) is 30.3 Å². The van der Waals surface area contributed by atoms with Gasteiger partial charge in [-0.25, -0.2) is 27.9 Å². The molecule has 0 saturated heterocycles. The Bertz CT molecular complexity index is 1450. The van der Waals surface area contributed by atoms with Gasteiger partial charge in [0.25, 0.3) is 5.91 Å². The number of anilines is 2. The van der Waals surface area contributed by atoms with E-state index in [1.165, 1.54) is 12.4 Å². The van der Waals surface area contributed by atoms with Gasteiger partial charge in [-0.15, -0.1) is 13.1 Å². The second-order valence-corrected chi connectivity index (χ2v) is 7.89. The normalized spacial score (nSPS) is 9.74. The summed E-state index contributed by atoms with van der Waals surface area (Å²) < 4.78 is 0. The number of allylic oxidation sites excluding steroid dienone is 1. The maximum absolute atomic E-state index is 13.3. The average molecular weight is 512 g/mol. The molecule has 3 aromatic carbocycles. The third kappa shape index (κ3) is 8.54. The summed E-state index contributed by atoms with van der Waals surface area (Å²) in [5.74, 6) is 0.562. The molecule has 0 unspecified atom stereocenters. The number of rotatable bonds is 9. The fraction of sp³-hybridized carbons (Fsp3) is 0.100. The van der Waals surface area contributed by atoms with Gasteiger partial charge in [0.2, 0.25) is 0 Å². The molecule has 1 amide bonds. The minimum absolute atomic E-state index is 0. The van der Waals surface area contributed by atoms with Gasteiger partial charge in [0.05, 0.1) is 5.69 Å². The van der Waals surface area contributed by atoms with Gasteiger partial charge >= 0.3 is 18.9 Å². The first-order valence-corrected chi connectivity index (χ1v) is 11.7. The Balaban J connectivity index is 0.000000998. The Hall–Kier alpha value is -4.43. The van der Waals surface area contributed by atoms with Crippen molar-refractivity contribution in [2.75, 3.05) is 23.3 Å². The zero-order valence-corrected chi connectivity index (χ0v) is 21.7. The number of aromatic hydroxyl groups is 1. The van der Waals surface area contributed by atoms with Gasteiger partial charge in [-0.1, -0.05) is 61.0 Å². The van der Waals surface area contributed by atoms with Crippen LogP contribution in [0.1, 0.15) is 16.9 Å². The van der Waals surface area contributed by atoms with E-state index in [1.807, 2.05) is 65.9 Å². The molecule has 1 aromatic heterocycles. The van der Waals surface area contributed by atoms with Gasteiger partial charge in [-0.3, -0.25) is 11.2 Å². The number of phenolic OH excluding ortho intramolecular Hbond substituents is 1. The van der Waals surface area contributed by atoms with E-state index in [4.69, 9.17) is 10.1 Å². The smallest absolute Gasteiger partial charge is 0.508 e. The van der Waals surface area contributed by atoms with Gasteiger partial charge in [-0.05, 0) is 17.7 Å². The summed E-state index contributed by atoms with van der Waals surface area (Å²) in [4.78, 5) is 33.3. The molecule has 0 radical (unpaired) electrons. The van der Waals surface area contributed by atoms with E-state index in [2.05, 4.69) is 34.9 Å². The molecule has 0 atom stereocenters. The van der Waals surface area contributed by atoms with Crippen molar-refractivity contribution in [1.29, 1.82) is 5.26 Å². The summed E-state index contributed by atoms with van der Waals surface area (Å²) >= 11 is 0. The molecule has 8 nitrogen and oxygen atoms in total. The van der Waals surface area contributed by atoms with Crippen LogP contribution in [0.4, 0.5) is 11.5 Å². The quantitative estimate of drug-likeness (QED) is 0.153. The van der Waals surface area contributed by atoms with Crippen molar-refractivity contribution < 1.29 is 33.6 Å². The van der Waals surface area contributed by atoms with E-state index in [9.17, 15) is 9.90 Å². The Morgan fingerprint density at radius 2 is 1.85 bits per heavy atom. The van der Waals surface area contributed by atoms with Crippen LogP contribution in [0.2, 0.25) is 0 Å². The minimum atomic E-state index is -0.429. The Morgan fingerprint density at radius 3 is 2.51 bits per heavy atom. The van der Waals surface area contributed by atoms with E-state index in [0.29, 0.717) is 36.8 Å². The predicted octanol–water partition coefficient (Wildman–Crippen LogP) is 2.30. The van der Waals surface area contributed by atoms with Gasteiger partial charge in [0, 0.05) is 29.2 Å². The number of nitriles is 1. The van der Waals surface area contributed by atoms with E-state index >= 15 is 0 Å². The maximum Gasteiger partial charge on any atom is 1.00 e. The van der Waals surface area contributed by atoms with Crippen LogP contribution >= 0.6 is 0 Å². The number of nitrogens with one attached hydrogen (secondary N) is 1. The van der Waals surface area contributed by atoms with Crippen LogP contribution in [0.15, 0.2) is 85.5 Å². The molecule has 1 heterocycles. The van der Waals surface area contributed by atoms with Crippen molar-refractivity contribution in [2.45, 2.75) is 6.42 Å². The molecule has 192 valence electrons. The second kappa shape index (κ2) is 15.7. The van der Waals surface area contributed by atoms with Crippen LogP contribution in [0.3, 0.4) is 0 Å². The second-order valence-electron chi connectivity index (χ2n) is 7.89. The SMILES string of the molecule is C=C[C-]=O.[CH2-]CN(C[CH-]CC#N)c1cc(C(=O)Nc2cc(O)cc3ccccc23)nc(-c2ccccc2)n1.[Li+]. The summed E-state index contributed by atoms with van der Waals surface area (Å²) in [5.41, 5.74) is 1.43. The first-order chi connectivity index (χ1) is 18.5. The fourth-order valence-electron chi connectivity index (χ4n) is 3.60. The number of unbranched alkanes of at least 4 members (excludes halogenated alkanes) is 1. The van der Waals surface area contributed by atoms with Crippen LogP contribution in [0, 0.1) is 24.7 Å². The summed E-state index contributed by atoms with van der Waals surface area (Å²) in [5, 5.41) is 23.5. The summed E-state index contributed by atoms with van der Waals surface area (Å²) in [6, 6.07) is 23.7. The number of nitrogens with zero attached hydrogens (tertiary/aromatic N) is 4. The van der Waals surface area contributed by atoms with Crippen LogP contribution in [0.25, 0.3) is 22.2 Å². The number of aromatic nitrogens is 2. The molecule has 4 rings (SSSR count). The molecular formula is C30H26LiN5O3-2. The molecule has 0 saturated carbocycles. The van der Waals surface area contributed by atoms with Gasteiger partial charge in [0.15, 0.2) is 5.82 Å². The van der Waals surface area contributed by atoms with Crippen LogP contribution in [-0.4, -0.2) is 40.4 Å². The van der Waals surface area contributed by atoms with E-state index in [0.717, 1.165) is 22.4 Å². The monoisotopic (exact) mass is 511 g/mol. The molecule has 39 heavy (non-hydrogen) atoms. The van der Waals surface area contributed by atoms with Crippen LogP contribution in [-0.2, 0) is 4.79 Å². The molecular weight excluding hydrogens is 485 g/mol. The third-order valence-corrected chi connectivity index (χ3v) is 5.33. The number of amides is 1. The molecule has 0 aliphatic carbocycles. The number of hydrogen-bond acceptors (Lipinski definition) is 7. The summed E-state index contributed by atoms with van der Waals surface area (Å²) in [7, 11) is 0. The fourth-order valence-corrected chi connectivity index (χ4v) is 3.60. The number of benzene rings is 3. The van der Waals surface area contributed by atoms with Crippen molar-refractivity contribution in [3.8, 4) is 23.2 Å². The number of phenols is 1. The molecule has 0 fully saturated rings. The van der Waals surface area contributed by atoms with E-state index < -0.39 is 5.91 Å². The molecule has 9 heteroatoms. The number of hydrogen-bond donors (Lipinski definition) is 2. The van der Waals surface area contributed by atoms with Crippen molar-refractivity contribution in [3.05, 3.63) is 104 Å². The predicted molar refractivity (Wildman–Crippen MR) is 149 cm³/mol. The Labute approximate surface area is 240 Å². The minimum Gasteiger partial charge on any atom is -0.508 e. The number of carbonyl (C=O) groups excluding carboxylic acids is 2. The average Bonchev–Trinajstić information content (AvgIpc) is 2.95. The summed E-state index contributed by atoms with van der Waals surface area (Å²) in [6.07, 6.45) is 4.64. The van der Waals surface area contributed by atoms with Crippen LogP contribution in [0.5, 0.6) is 5.75 Å². The molecule has 2 N–H and O–H groups in total. The largest absolute Gasteiger partial charge is 1.00 e. The molecule has 4 aromatic rings. The number of fused-ring (bicyclic) bond motifs is 1. The van der Waals surface area contributed by atoms with Crippen LogP contribution < -0.4 is 29.1 Å². The van der Waals surface area contributed by atoms with Gasteiger partial charge in [0.1, 0.15) is 17.3 Å². The van der Waals surface area contributed by atoms with Crippen molar-refractivity contribution in [3.63, 3.8) is 0 Å². The van der Waals surface area contributed by atoms with Gasteiger partial charge < -0.3 is 27.0 Å². The summed E-state index contributed by atoms with van der Waals surface area (Å²) in [6.45, 7) is 7.87. The maximum atomic E-state index is 13.3. The Morgan fingerprint density at radius 1 is 1.15 bits per heavy atom. The first-order valence-electron chi connectivity index (χ1n) is 11.7. The standard InChI is InChI=1S/C27H23N5O2.C3H3O.Li/c1-2-32(15-9-8-14-28)25-18-24(29-26(31-25)19-10-4-3-5-11-19)27(34)30-23-17-21(33)16-20-12-6-7-13-22(20)23;1-2-3-4;/h3-7,9-13,16-18,33H,1-2,8,15H2,(H,30,34);2H,1H2;/q-2;-1;+1. The van der Waals surface area contributed by atoms with Crippen molar-refractivity contribution in [2.24, 2.45) is 0 Å². The van der Waals surface area contributed by atoms with Crippen molar-refractivity contribution >= 4 is 34.5 Å². The van der Waals surface area contributed by atoms with Gasteiger partial charge in [-0.2, -0.15) is 0 Å². The number of carbonyl (C=O) groups is 1. The molecule has 0 bridgehead atoms. The molecule has 0 aliphatic heterocycles. The van der Waals surface area contributed by atoms with E-state index in [1.54, 1.807) is 12.1 Å². The van der Waals surface area contributed by atoms with Crippen molar-refractivity contribution in [1.82, 2.24) is 9.97 Å². The first kappa shape index (κ1) is 30.8. The molecule has 0 aliphatic rings. The topological polar surface area (TPSA) is 119 Å².